The molecule has 0 spiro atoms. The molecule has 0 amide bonds. The van der Waals surface area contributed by atoms with Gasteiger partial charge in [0.2, 0.25) is 0 Å². The highest BCUT2D eigenvalue weighted by atomic mass is 16.5. The van der Waals surface area contributed by atoms with E-state index in [0.29, 0.717) is 12.3 Å². The summed E-state index contributed by atoms with van der Waals surface area (Å²) in [5, 5.41) is 0. The van der Waals surface area contributed by atoms with E-state index in [0.717, 1.165) is 6.42 Å². The molecule has 0 aliphatic heterocycles. The van der Waals surface area contributed by atoms with E-state index in [1.807, 2.05) is 6.08 Å². The SMILES string of the molecule is CCC=COC(=O)CC(CCCCCCCCCCCC)CCCCCCCCCCCCCC. The van der Waals surface area contributed by atoms with Crippen molar-refractivity contribution in [1.29, 1.82) is 0 Å². The van der Waals surface area contributed by atoms with Crippen molar-refractivity contribution in [1.82, 2.24) is 0 Å². The molecule has 0 aliphatic carbocycles. The number of hydrogen-bond donors (Lipinski definition) is 0. The van der Waals surface area contributed by atoms with Gasteiger partial charge >= 0.3 is 5.97 Å². The Balaban J connectivity index is 3.91. The fraction of sp³-hybridized carbons (Fsp3) is 0.909. The smallest absolute Gasteiger partial charge is 0.310 e. The molecule has 2 nitrogen and oxygen atoms in total. The van der Waals surface area contributed by atoms with Gasteiger partial charge in [-0.3, -0.25) is 4.79 Å². The third-order valence-corrected chi connectivity index (χ3v) is 7.42. The van der Waals surface area contributed by atoms with Crippen molar-refractivity contribution in [2.75, 3.05) is 0 Å². The molecule has 0 aromatic heterocycles. The van der Waals surface area contributed by atoms with Gasteiger partial charge in [-0.15, -0.1) is 0 Å². The molecule has 0 N–H and O–H groups in total. The van der Waals surface area contributed by atoms with Crippen LogP contribution in [0.2, 0.25) is 0 Å². The lowest BCUT2D eigenvalue weighted by Crippen LogP contribution is -2.10. The number of unbranched alkanes of at least 4 members (excludes halogenated alkanes) is 20. The van der Waals surface area contributed by atoms with E-state index in [1.54, 1.807) is 6.26 Å². The molecular weight excluding hydrogens is 428 g/mol. The van der Waals surface area contributed by atoms with Crippen molar-refractivity contribution < 1.29 is 9.53 Å². The highest BCUT2D eigenvalue weighted by Crippen LogP contribution is 2.23. The van der Waals surface area contributed by atoms with Crippen LogP contribution in [-0.4, -0.2) is 5.97 Å². The molecule has 0 bridgehead atoms. The lowest BCUT2D eigenvalue weighted by molar-refractivity contribution is -0.139. The molecule has 0 radical (unpaired) electrons. The Morgan fingerprint density at radius 3 is 1.23 bits per heavy atom. The Bertz CT molecular complexity index is 442. The van der Waals surface area contributed by atoms with Gasteiger partial charge in [0.15, 0.2) is 0 Å². The van der Waals surface area contributed by atoms with E-state index in [2.05, 4.69) is 20.8 Å². The van der Waals surface area contributed by atoms with Crippen LogP contribution in [-0.2, 0) is 9.53 Å². The number of carbonyl (C=O) groups excluding carboxylic acids is 1. The summed E-state index contributed by atoms with van der Waals surface area (Å²) in [5.74, 6) is 0.473. The molecule has 0 aromatic carbocycles. The van der Waals surface area contributed by atoms with Gasteiger partial charge in [-0.05, 0) is 31.3 Å². The standard InChI is InChI=1S/C33H64O2/c1-4-7-10-12-14-16-18-19-21-23-25-27-29-32(31-33(34)35-30-9-6-3)28-26-24-22-20-17-15-13-11-8-5-2/h9,30,32H,4-8,10-29,31H2,1-3H3. The monoisotopic (exact) mass is 492 g/mol. The average molecular weight is 493 g/mol. The fourth-order valence-electron chi connectivity index (χ4n) is 5.05. The summed E-state index contributed by atoms with van der Waals surface area (Å²) in [6, 6.07) is 0. The van der Waals surface area contributed by atoms with Crippen LogP contribution in [0, 0.1) is 5.92 Å². The zero-order chi connectivity index (χ0) is 25.7. The summed E-state index contributed by atoms with van der Waals surface area (Å²) < 4.78 is 5.31. The van der Waals surface area contributed by atoms with Gasteiger partial charge in [0.05, 0.1) is 6.26 Å². The van der Waals surface area contributed by atoms with Crippen molar-refractivity contribution in [3.8, 4) is 0 Å². The highest BCUT2D eigenvalue weighted by molar-refractivity contribution is 5.70. The maximum atomic E-state index is 12.3. The summed E-state index contributed by atoms with van der Waals surface area (Å²) >= 11 is 0. The van der Waals surface area contributed by atoms with Gasteiger partial charge in [-0.2, -0.15) is 0 Å². The minimum Gasteiger partial charge on any atom is -0.435 e. The third-order valence-electron chi connectivity index (χ3n) is 7.42. The first-order chi connectivity index (χ1) is 17.2. The van der Waals surface area contributed by atoms with Crippen molar-refractivity contribution in [3.05, 3.63) is 12.3 Å². The largest absolute Gasteiger partial charge is 0.435 e. The molecule has 0 saturated carbocycles. The van der Waals surface area contributed by atoms with Crippen molar-refractivity contribution in [2.45, 2.75) is 188 Å². The predicted molar refractivity (Wildman–Crippen MR) is 156 cm³/mol. The number of esters is 1. The second-order valence-electron chi connectivity index (χ2n) is 11.0. The molecule has 0 aromatic rings. The van der Waals surface area contributed by atoms with E-state index in [1.165, 1.54) is 154 Å². The summed E-state index contributed by atoms with van der Waals surface area (Å²) in [7, 11) is 0. The molecule has 0 saturated heterocycles. The lowest BCUT2D eigenvalue weighted by atomic mass is 9.91. The molecule has 2 heteroatoms. The van der Waals surface area contributed by atoms with Crippen molar-refractivity contribution >= 4 is 5.97 Å². The first-order valence-corrected chi connectivity index (χ1v) is 16.1. The molecule has 0 fully saturated rings. The second kappa shape index (κ2) is 29.4. The molecule has 1 atom stereocenters. The number of rotatable bonds is 28. The van der Waals surface area contributed by atoms with E-state index < -0.39 is 0 Å². The third kappa shape index (κ3) is 27.6. The Labute approximate surface area is 221 Å². The van der Waals surface area contributed by atoms with Crippen LogP contribution in [0.5, 0.6) is 0 Å². The van der Waals surface area contributed by atoms with Crippen molar-refractivity contribution in [2.24, 2.45) is 5.92 Å². The maximum absolute atomic E-state index is 12.3. The Hall–Kier alpha value is -0.790. The first-order valence-electron chi connectivity index (χ1n) is 16.1. The number of ether oxygens (including phenoxy) is 1. The van der Waals surface area contributed by atoms with Crippen LogP contribution in [0.4, 0.5) is 0 Å². The number of carbonyl (C=O) groups is 1. The Morgan fingerprint density at radius 1 is 0.543 bits per heavy atom. The summed E-state index contributed by atoms with van der Waals surface area (Å²) in [5.41, 5.74) is 0. The molecule has 208 valence electrons. The zero-order valence-electron chi connectivity index (χ0n) is 24.4. The lowest BCUT2D eigenvalue weighted by Gasteiger charge is -2.16. The molecular formula is C33H64O2. The molecule has 0 aliphatic rings. The molecule has 35 heavy (non-hydrogen) atoms. The van der Waals surface area contributed by atoms with E-state index in [4.69, 9.17) is 4.74 Å². The Kier molecular flexibility index (Phi) is 28.8. The normalized spacial score (nSPS) is 12.4. The van der Waals surface area contributed by atoms with Gasteiger partial charge in [-0.25, -0.2) is 0 Å². The zero-order valence-corrected chi connectivity index (χ0v) is 24.4. The van der Waals surface area contributed by atoms with Gasteiger partial charge in [-0.1, -0.05) is 162 Å². The van der Waals surface area contributed by atoms with E-state index >= 15 is 0 Å². The van der Waals surface area contributed by atoms with E-state index in [-0.39, 0.29) is 5.97 Å². The van der Waals surface area contributed by atoms with Gasteiger partial charge in [0.1, 0.15) is 0 Å². The van der Waals surface area contributed by atoms with Crippen molar-refractivity contribution in [3.63, 3.8) is 0 Å². The predicted octanol–water partition coefficient (Wildman–Crippen LogP) is 11.9. The number of hydrogen-bond acceptors (Lipinski definition) is 2. The van der Waals surface area contributed by atoms with E-state index in [9.17, 15) is 4.79 Å². The van der Waals surface area contributed by atoms with Gasteiger partial charge < -0.3 is 4.74 Å². The van der Waals surface area contributed by atoms with Crippen LogP contribution in [0.1, 0.15) is 188 Å². The first kappa shape index (κ1) is 34.2. The van der Waals surface area contributed by atoms with Gasteiger partial charge in [0.25, 0.3) is 0 Å². The molecule has 1 unspecified atom stereocenters. The van der Waals surface area contributed by atoms with Crippen LogP contribution in [0.25, 0.3) is 0 Å². The highest BCUT2D eigenvalue weighted by Gasteiger charge is 2.14. The minimum absolute atomic E-state index is 0.0364. The van der Waals surface area contributed by atoms with Crippen LogP contribution in [0.15, 0.2) is 12.3 Å². The molecule has 0 heterocycles. The summed E-state index contributed by atoms with van der Waals surface area (Å²) in [4.78, 5) is 12.3. The summed E-state index contributed by atoms with van der Waals surface area (Å²) in [6.45, 7) is 6.63. The summed E-state index contributed by atoms with van der Waals surface area (Å²) in [6.07, 6.45) is 37.8. The topological polar surface area (TPSA) is 26.3 Å². The van der Waals surface area contributed by atoms with Crippen LogP contribution in [0.3, 0.4) is 0 Å². The number of allylic oxidation sites excluding steroid dienone is 1. The maximum Gasteiger partial charge on any atom is 0.310 e. The fourth-order valence-corrected chi connectivity index (χ4v) is 5.05. The Morgan fingerprint density at radius 2 is 0.886 bits per heavy atom. The van der Waals surface area contributed by atoms with Crippen LogP contribution >= 0.6 is 0 Å². The minimum atomic E-state index is -0.0364. The van der Waals surface area contributed by atoms with Gasteiger partial charge in [0, 0.05) is 6.42 Å². The van der Waals surface area contributed by atoms with Crippen LogP contribution < -0.4 is 0 Å². The molecule has 0 rings (SSSR count). The second-order valence-corrected chi connectivity index (χ2v) is 11.0. The quantitative estimate of drug-likeness (QED) is 0.0616. The average Bonchev–Trinajstić information content (AvgIpc) is 2.85.